The van der Waals surface area contributed by atoms with Crippen molar-refractivity contribution >= 4 is 5.97 Å². The van der Waals surface area contributed by atoms with E-state index in [0.717, 1.165) is 18.4 Å². The summed E-state index contributed by atoms with van der Waals surface area (Å²) in [6, 6.07) is 10.2. The highest BCUT2D eigenvalue weighted by molar-refractivity contribution is 5.75. The Morgan fingerprint density at radius 2 is 1.95 bits per heavy atom. The third kappa shape index (κ3) is 2.43. The molecule has 6 atom stereocenters. The number of nitrogens with zero attached hydrogens (tertiary/aromatic N) is 1. The average Bonchev–Trinajstić information content (AvgIpc) is 3.26. The molecular formula is C17H21NO4. The number of benzene rings is 1. The summed E-state index contributed by atoms with van der Waals surface area (Å²) in [6.45, 7) is 0. The molecule has 3 saturated heterocycles. The normalized spacial score (nSPS) is 37.5. The maximum Gasteiger partial charge on any atom is 0.335 e. The van der Waals surface area contributed by atoms with Gasteiger partial charge < -0.3 is 14.6 Å². The van der Waals surface area contributed by atoms with Crippen LogP contribution in [0, 0.1) is 0 Å². The zero-order valence-electron chi connectivity index (χ0n) is 12.6. The first-order chi connectivity index (χ1) is 10.6. The van der Waals surface area contributed by atoms with E-state index in [1.165, 1.54) is 0 Å². The third-order valence-electron chi connectivity index (χ3n) is 5.20. The number of carbonyl (C=O) groups is 1. The van der Waals surface area contributed by atoms with Gasteiger partial charge in [-0.2, -0.15) is 0 Å². The van der Waals surface area contributed by atoms with Crippen LogP contribution in [0.5, 0.6) is 0 Å². The largest absolute Gasteiger partial charge is 0.460 e. The van der Waals surface area contributed by atoms with Gasteiger partial charge in [0.25, 0.3) is 0 Å². The molecule has 0 amide bonds. The number of aliphatic hydroxyl groups excluding tert-OH is 1. The topological polar surface area (TPSA) is 62.3 Å². The fourth-order valence-corrected chi connectivity index (χ4v) is 3.96. The standard InChI is InChI=1S/C17H21NO4/c1-18-12-8-11(9-13(18)16-15(12)22-16)21-17(20)14(19)7-10-5-3-2-4-6-10/h2-6,11-16,19H,7-9H2,1H3/t11?,12-,13+,14-,15-,16+/m0/s1. The first kappa shape index (κ1) is 14.2. The highest BCUT2D eigenvalue weighted by Crippen LogP contribution is 2.47. The van der Waals surface area contributed by atoms with E-state index < -0.39 is 12.1 Å². The zero-order valence-corrected chi connectivity index (χ0v) is 12.6. The van der Waals surface area contributed by atoms with E-state index in [0.29, 0.717) is 30.7 Å². The van der Waals surface area contributed by atoms with Crippen LogP contribution in [0.1, 0.15) is 18.4 Å². The minimum atomic E-state index is -1.09. The Kier molecular flexibility index (Phi) is 3.44. The Hall–Kier alpha value is -1.43. The quantitative estimate of drug-likeness (QED) is 0.657. The molecule has 0 aromatic heterocycles. The van der Waals surface area contributed by atoms with E-state index in [1.54, 1.807) is 0 Å². The van der Waals surface area contributed by atoms with Crippen molar-refractivity contribution < 1.29 is 19.4 Å². The fraction of sp³-hybridized carbons (Fsp3) is 0.588. The molecule has 118 valence electrons. The van der Waals surface area contributed by atoms with E-state index in [1.807, 2.05) is 30.3 Å². The van der Waals surface area contributed by atoms with Gasteiger partial charge in [-0.25, -0.2) is 4.79 Å². The number of rotatable bonds is 4. The van der Waals surface area contributed by atoms with Gasteiger partial charge >= 0.3 is 5.97 Å². The lowest BCUT2D eigenvalue weighted by molar-refractivity contribution is -0.163. The third-order valence-corrected chi connectivity index (χ3v) is 5.20. The number of hydrogen-bond acceptors (Lipinski definition) is 5. The van der Waals surface area contributed by atoms with Crippen molar-refractivity contribution in [3.05, 3.63) is 35.9 Å². The van der Waals surface area contributed by atoms with Gasteiger partial charge in [0.05, 0.1) is 0 Å². The molecule has 4 rings (SSSR count). The van der Waals surface area contributed by atoms with Crippen LogP contribution in [-0.2, 0) is 20.7 Å². The first-order valence-electron chi connectivity index (χ1n) is 7.93. The number of ether oxygens (including phenoxy) is 2. The number of esters is 1. The fourth-order valence-electron chi connectivity index (χ4n) is 3.96. The van der Waals surface area contributed by atoms with Crippen LogP contribution in [0.3, 0.4) is 0 Å². The number of carbonyl (C=O) groups excluding carboxylic acids is 1. The number of hydrogen-bond donors (Lipinski definition) is 1. The molecule has 0 radical (unpaired) electrons. The summed E-state index contributed by atoms with van der Waals surface area (Å²) >= 11 is 0. The molecule has 22 heavy (non-hydrogen) atoms. The smallest absolute Gasteiger partial charge is 0.335 e. The molecule has 0 spiro atoms. The number of aliphatic hydroxyl groups is 1. The number of piperidine rings is 1. The lowest BCUT2D eigenvalue weighted by Crippen LogP contribution is -2.48. The Balaban J connectivity index is 1.33. The Labute approximate surface area is 129 Å². The van der Waals surface area contributed by atoms with Gasteiger partial charge in [-0.05, 0) is 12.6 Å². The summed E-state index contributed by atoms with van der Waals surface area (Å²) in [7, 11) is 2.12. The van der Waals surface area contributed by atoms with E-state index in [4.69, 9.17) is 9.47 Å². The number of likely N-dealkylation sites (N-methyl/N-ethyl adjacent to an activating group) is 1. The number of fused-ring (bicyclic) bond motifs is 5. The molecule has 2 bridgehead atoms. The summed E-state index contributed by atoms with van der Waals surface area (Å²) in [5.41, 5.74) is 0.935. The second-order valence-corrected chi connectivity index (χ2v) is 6.60. The molecule has 5 nitrogen and oxygen atoms in total. The van der Waals surface area contributed by atoms with Crippen LogP contribution in [0.15, 0.2) is 30.3 Å². The molecular weight excluding hydrogens is 282 g/mol. The molecule has 1 aromatic rings. The highest BCUT2D eigenvalue weighted by Gasteiger charge is 2.62. The molecule has 1 unspecified atom stereocenters. The summed E-state index contributed by atoms with van der Waals surface area (Å²) < 4.78 is 11.2. The minimum Gasteiger partial charge on any atom is -0.460 e. The van der Waals surface area contributed by atoms with E-state index >= 15 is 0 Å². The van der Waals surface area contributed by atoms with Gasteiger partial charge in [-0.3, -0.25) is 4.90 Å². The van der Waals surface area contributed by atoms with Gasteiger partial charge in [-0.1, -0.05) is 30.3 Å². The summed E-state index contributed by atoms with van der Waals surface area (Å²) in [5.74, 6) is -0.507. The highest BCUT2D eigenvalue weighted by atomic mass is 16.6. The van der Waals surface area contributed by atoms with Gasteiger partial charge in [0.2, 0.25) is 0 Å². The van der Waals surface area contributed by atoms with E-state index in [2.05, 4.69) is 11.9 Å². The molecule has 0 saturated carbocycles. The average molecular weight is 303 g/mol. The summed E-state index contributed by atoms with van der Waals surface area (Å²) in [5, 5.41) is 10.1. The van der Waals surface area contributed by atoms with Gasteiger partial charge in [0, 0.05) is 31.3 Å². The Bertz CT molecular complexity index is 545. The van der Waals surface area contributed by atoms with Crippen molar-refractivity contribution in [2.45, 2.75) is 55.8 Å². The molecule has 3 heterocycles. The predicted octanol–water partition coefficient (Wildman–Crippen LogP) is 0.746. The van der Waals surface area contributed by atoms with Gasteiger partial charge in [0.15, 0.2) is 6.10 Å². The predicted molar refractivity (Wildman–Crippen MR) is 79.3 cm³/mol. The molecule has 0 aliphatic carbocycles. The van der Waals surface area contributed by atoms with Crippen molar-refractivity contribution in [3.8, 4) is 0 Å². The van der Waals surface area contributed by atoms with Crippen molar-refractivity contribution in [2.75, 3.05) is 7.05 Å². The summed E-state index contributed by atoms with van der Waals surface area (Å²) in [6.07, 6.45) is 1.37. The molecule has 3 aliphatic rings. The Morgan fingerprint density at radius 3 is 2.59 bits per heavy atom. The van der Waals surface area contributed by atoms with Crippen LogP contribution in [0.2, 0.25) is 0 Å². The first-order valence-corrected chi connectivity index (χ1v) is 7.93. The van der Waals surface area contributed by atoms with E-state index in [9.17, 15) is 9.90 Å². The minimum absolute atomic E-state index is 0.0967. The maximum atomic E-state index is 12.1. The lowest BCUT2D eigenvalue weighted by atomic mass is 9.99. The van der Waals surface area contributed by atoms with E-state index in [-0.39, 0.29) is 6.10 Å². The zero-order chi connectivity index (χ0) is 15.3. The van der Waals surface area contributed by atoms with Gasteiger partial charge in [-0.15, -0.1) is 0 Å². The van der Waals surface area contributed by atoms with Crippen LogP contribution in [0.4, 0.5) is 0 Å². The second-order valence-electron chi connectivity index (χ2n) is 6.60. The van der Waals surface area contributed by atoms with Crippen LogP contribution >= 0.6 is 0 Å². The SMILES string of the molecule is CN1[C@@H]2CC(OC(=O)[C@@H](O)Cc3ccccc3)C[C@H]1[C@@H]1O[C@@H]12. The Morgan fingerprint density at radius 1 is 1.32 bits per heavy atom. The van der Waals surface area contributed by atoms with Crippen LogP contribution < -0.4 is 0 Å². The van der Waals surface area contributed by atoms with Crippen LogP contribution in [-0.4, -0.2) is 59.5 Å². The van der Waals surface area contributed by atoms with Gasteiger partial charge in [0.1, 0.15) is 18.3 Å². The number of epoxide rings is 1. The van der Waals surface area contributed by atoms with Crippen molar-refractivity contribution in [2.24, 2.45) is 0 Å². The molecule has 3 aliphatic heterocycles. The molecule has 1 aromatic carbocycles. The van der Waals surface area contributed by atoms with Crippen molar-refractivity contribution in [3.63, 3.8) is 0 Å². The van der Waals surface area contributed by atoms with Crippen molar-refractivity contribution in [1.29, 1.82) is 0 Å². The molecule has 3 fully saturated rings. The lowest BCUT2D eigenvalue weighted by Gasteiger charge is -2.38. The maximum absolute atomic E-state index is 12.1. The summed E-state index contributed by atoms with van der Waals surface area (Å²) in [4.78, 5) is 14.5. The molecule has 1 N–H and O–H groups in total. The van der Waals surface area contributed by atoms with Crippen molar-refractivity contribution in [1.82, 2.24) is 4.90 Å². The monoisotopic (exact) mass is 303 g/mol. The number of morpholine rings is 1. The molecule has 5 heteroatoms. The second kappa shape index (κ2) is 5.33. The van der Waals surface area contributed by atoms with Crippen LogP contribution in [0.25, 0.3) is 0 Å².